The number of amides is 1. The molecule has 0 aromatic heterocycles. The van der Waals surface area contributed by atoms with Gasteiger partial charge in [-0.1, -0.05) is 13.3 Å². The van der Waals surface area contributed by atoms with Gasteiger partial charge in [0.2, 0.25) is 0 Å². The van der Waals surface area contributed by atoms with Crippen molar-refractivity contribution in [3.8, 4) is 5.75 Å². The third kappa shape index (κ3) is 4.53. The van der Waals surface area contributed by atoms with E-state index in [2.05, 4.69) is 12.2 Å². The lowest BCUT2D eigenvalue weighted by molar-refractivity contribution is 0.102. The molecule has 0 heterocycles. The number of hydrogen-bond donors (Lipinski definition) is 2. The fraction of sp³-hybridized carbons (Fsp3) is 0.235. The molecule has 4 heteroatoms. The zero-order chi connectivity index (χ0) is 15.1. The standard InChI is InChI=1S/C17H20N2O2/c1-2-3-12-21-16-10-4-13(5-11-16)17(20)19-15-8-6-14(18)7-9-15/h4-11H,2-3,12,18H2,1H3,(H,19,20). The first kappa shape index (κ1) is 14.9. The summed E-state index contributed by atoms with van der Waals surface area (Å²) in [5, 5.41) is 2.82. The number of benzene rings is 2. The highest BCUT2D eigenvalue weighted by atomic mass is 16.5. The molecule has 0 saturated heterocycles. The summed E-state index contributed by atoms with van der Waals surface area (Å²) in [6.07, 6.45) is 2.13. The van der Waals surface area contributed by atoms with E-state index in [9.17, 15) is 4.79 Å². The molecule has 0 atom stereocenters. The number of hydrogen-bond acceptors (Lipinski definition) is 3. The number of rotatable bonds is 6. The van der Waals surface area contributed by atoms with E-state index >= 15 is 0 Å². The van der Waals surface area contributed by atoms with Crippen LogP contribution < -0.4 is 15.8 Å². The van der Waals surface area contributed by atoms with Crippen molar-refractivity contribution in [1.82, 2.24) is 0 Å². The minimum atomic E-state index is -0.153. The maximum atomic E-state index is 12.1. The third-order valence-electron chi connectivity index (χ3n) is 3.05. The summed E-state index contributed by atoms with van der Waals surface area (Å²) >= 11 is 0. The fourth-order valence-electron chi connectivity index (χ4n) is 1.81. The van der Waals surface area contributed by atoms with Gasteiger partial charge in [-0.3, -0.25) is 4.79 Å². The zero-order valence-corrected chi connectivity index (χ0v) is 12.1. The van der Waals surface area contributed by atoms with Crippen LogP contribution in [0.3, 0.4) is 0 Å². The molecule has 0 aliphatic carbocycles. The molecule has 0 fully saturated rings. The van der Waals surface area contributed by atoms with Crippen molar-refractivity contribution >= 4 is 17.3 Å². The minimum Gasteiger partial charge on any atom is -0.494 e. The molecular weight excluding hydrogens is 264 g/mol. The lowest BCUT2D eigenvalue weighted by Crippen LogP contribution is -2.11. The van der Waals surface area contributed by atoms with E-state index in [1.165, 1.54) is 0 Å². The molecule has 2 aromatic rings. The largest absolute Gasteiger partial charge is 0.494 e. The summed E-state index contributed by atoms with van der Waals surface area (Å²) < 4.78 is 5.57. The van der Waals surface area contributed by atoms with Gasteiger partial charge in [0.25, 0.3) is 5.91 Å². The molecule has 0 bridgehead atoms. The van der Waals surface area contributed by atoms with Crippen molar-refractivity contribution in [1.29, 1.82) is 0 Å². The highest BCUT2D eigenvalue weighted by molar-refractivity contribution is 6.04. The first-order valence-electron chi connectivity index (χ1n) is 7.09. The summed E-state index contributed by atoms with van der Waals surface area (Å²) in [4.78, 5) is 12.1. The molecule has 3 N–H and O–H groups in total. The zero-order valence-electron chi connectivity index (χ0n) is 12.1. The first-order chi connectivity index (χ1) is 10.2. The van der Waals surface area contributed by atoms with Crippen LogP contribution >= 0.6 is 0 Å². The Kier molecular flexibility index (Phi) is 5.21. The number of ether oxygens (including phenoxy) is 1. The molecule has 2 rings (SSSR count). The van der Waals surface area contributed by atoms with Crippen molar-refractivity contribution in [3.63, 3.8) is 0 Å². The highest BCUT2D eigenvalue weighted by Crippen LogP contribution is 2.15. The van der Waals surface area contributed by atoms with E-state index in [0.29, 0.717) is 17.9 Å². The van der Waals surface area contributed by atoms with Gasteiger partial charge in [0.15, 0.2) is 0 Å². The number of nitrogens with one attached hydrogen (secondary N) is 1. The van der Waals surface area contributed by atoms with Gasteiger partial charge >= 0.3 is 0 Å². The predicted molar refractivity (Wildman–Crippen MR) is 85.7 cm³/mol. The van der Waals surface area contributed by atoms with Gasteiger partial charge in [-0.05, 0) is 55.0 Å². The Bertz CT molecular complexity index is 577. The van der Waals surface area contributed by atoms with Crippen molar-refractivity contribution in [3.05, 3.63) is 54.1 Å². The van der Waals surface area contributed by atoms with Gasteiger partial charge < -0.3 is 15.8 Å². The van der Waals surface area contributed by atoms with Gasteiger partial charge in [0.05, 0.1) is 6.61 Å². The molecule has 4 nitrogen and oxygen atoms in total. The van der Waals surface area contributed by atoms with Crippen LogP contribution in [0.1, 0.15) is 30.1 Å². The van der Waals surface area contributed by atoms with Crippen molar-refractivity contribution in [2.24, 2.45) is 0 Å². The molecule has 1 amide bonds. The van der Waals surface area contributed by atoms with Crippen LogP contribution in [0.2, 0.25) is 0 Å². The number of nitrogens with two attached hydrogens (primary N) is 1. The van der Waals surface area contributed by atoms with E-state index in [4.69, 9.17) is 10.5 Å². The molecule has 21 heavy (non-hydrogen) atoms. The Hall–Kier alpha value is -2.49. The normalized spacial score (nSPS) is 10.1. The van der Waals surface area contributed by atoms with Gasteiger partial charge in [-0.2, -0.15) is 0 Å². The summed E-state index contributed by atoms with van der Waals surface area (Å²) in [5.74, 6) is 0.632. The molecule has 0 saturated carbocycles. The number of nitrogen functional groups attached to an aromatic ring is 1. The van der Waals surface area contributed by atoms with Crippen LogP contribution in [0.4, 0.5) is 11.4 Å². The third-order valence-corrected chi connectivity index (χ3v) is 3.05. The summed E-state index contributed by atoms with van der Waals surface area (Å²) in [6, 6.07) is 14.2. The highest BCUT2D eigenvalue weighted by Gasteiger charge is 2.06. The molecule has 0 aliphatic rings. The van der Waals surface area contributed by atoms with Crippen LogP contribution in [0, 0.1) is 0 Å². The smallest absolute Gasteiger partial charge is 0.255 e. The van der Waals surface area contributed by atoms with Crippen LogP contribution in [0.5, 0.6) is 5.75 Å². The topological polar surface area (TPSA) is 64.3 Å². The minimum absolute atomic E-state index is 0.153. The Labute approximate surface area is 124 Å². The second kappa shape index (κ2) is 7.33. The van der Waals surface area contributed by atoms with Crippen molar-refractivity contribution < 1.29 is 9.53 Å². The lowest BCUT2D eigenvalue weighted by Gasteiger charge is -2.08. The lowest BCUT2D eigenvalue weighted by atomic mass is 10.2. The van der Waals surface area contributed by atoms with Gasteiger partial charge in [0.1, 0.15) is 5.75 Å². The van der Waals surface area contributed by atoms with Crippen molar-refractivity contribution in [2.75, 3.05) is 17.7 Å². The summed E-state index contributed by atoms with van der Waals surface area (Å²) in [5.41, 5.74) is 7.59. The Balaban J connectivity index is 1.94. The average Bonchev–Trinajstić information content (AvgIpc) is 2.50. The second-order valence-electron chi connectivity index (χ2n) is 4.80. The van der Waals surface area contributed by atoms with Gasteiger partial charge in [0, 0.05) is 16.9 Å². The van der Waals surface area contributed by atoms with E-state index in [0.717, 1.165) is 24.3 Å². The molecule has 0 aliphatic heterocycles. The molecule has 2 aromatic carbocycles. The van der Waals surface area contributed by atoms with Gasteiger partial charge in [-0.25, -0.2) is 0 Å². The monoisotopic (exact) mass is 284 g/mol. The fourth-order valence-corrected chi connectivity index (χ4v) is 1.81. The molecule has 0 radical (unpaired) electrons. The Morgan fingerprint density at radius 2 is 1.76 bits per heavy atom. The summed E-state index contributed by atoms with van der Waals surface area (Å²) in [7, 11) is 0. The first-order valence-corrected chi connectivity index (χ1v) is 7.09. The number of carbonyl (C=O) groups is 1. The van der Waals surface area contributed by atoms with E-state index < -0.39 is 0 Å². The van der Waals surface area contributed by atoms with E-state index in [1.54, 1.807) is 36.4 Å². The number of unbranched alkanes of at least 4 members (excludes halogenated alkanes) is 1. The van der Waals surface area contributed by atoms with Crippen molar-refractivity contribution in [2.45, 2.75) is 19.8 Å². The Morgan fingerprint density at radius 3 is 2.38 bits per heavy atom. The molecule has 0 spiro atoms. The molecule has 0 unspecified atom stereocenters. The Morgan fingerprint density at radius 1 is 1.10 bits per heavy atom. The number of carbonyl (C=O) groups excluding carboxylic acids is 1. The second-order valence-corrected chi connectivity index (χ2v) is 4.80. The van der Waals surface area contributed by atoms with Crippen LogP contribution in [-0.4, -0.2) is 12.5 Å². The predicted octanol–water partition coefficient (Wildman–Crippen LogP) is 3.70. The molecule has 110 valence electrons. The number of anilines is 2. The van der Waals surface area contributed by atoms with E-state index in [1.807, 2.05) is 12.1 Å². The summed E-state index contributed by atoms with van der Waals surface area (Å²) in [6.45, 7) is 2.82. The average molecular weight is 284 g/mol. The maximum absolute atomic E-state index is 12.1. The maximum Gasteiger partial charge on any atom is 0.255 e. The van der Waals surface area contributed by atoms with Crippen LogP contribution in [0.15, 0.2) is 48.5 Å². The van der Waals surface area contributed by atoms with Crippen LogP contribution in [-0.2, 0) is 0 Å². The SMILES string of the molecule is CCCCOc1ccc(C(=O)Nc2ccc(N)cc2)cc1. The molecular formula is C17H20N2O2. The van der Waals surface area contributed by atoms with Gasteiger partial charge in [-0.15, -0.1) is 0 Å². The van der Waals surface area contributed by atoms with E-state index in [-0.39, 0.29) is 5.91 Å². The van der Waals surface area contributed by atoms with Crippen LogP contribution in [0.25, 0.3) is 0 Å². The quantitative estimate of drug-likeness (QED) is 0.628.